The number of aliphatic hydroxyl groups is 1. The zero-order chi connectivity index (χ0) is 12.7. The predicted molar refractivity (Wildman–Crippen MR) is 73.9 cm³/mol. The molecule has 0 aliphatic heterocycles. The fourth-order valence-corrected chi connectivity index (χ4v) is 1.63. The second kappa shape index (κ2) is 6.87. The molecule has 17 heavy (non-hydrogen) atoms. The maximum absolute atomic E-state index is 8.94. The topological polar surface area (TPSA) is 20.2 Å². The maximum atomic E-state index is 8.94. The Labute approximate surface area is 104 Å². The van der Waals surface area contributed by atoms with Gasteiger partial charge in [-0.15, -0.1) is 0 Å². The lowest BCUT2D eigenvalue weighted by Crippen LogP contribution is -1.83. The molecule has 0 amide bonds. The van der Waals surface area contributed by atoms with Gasteiger partial charge in [-0.05, 0) is 23.6 Å². The minimum absolute atomic E-state index is 0.105. The van der Waals surface area contributed by atoms with Gasteiger partial charge < -0.3 is 5.11 Å². The summed E-state index contributed by atoms with van der Waals surface area (Å²) < 4.78 is 0. The van der Waals surface area contributed by atoms with Gasteiger partial charge in [0.1, 0.15) is 0 Å². The molecule has 2 aromatic carbocycles. The smallest absolute Gasteiger partial charge is 0.0681 e. The monoisotopic (exact) mass is 228 g/mol. The number of hydrogen-bond donors (Lipinski definition) is 1. The molecule has 1 nitrogen and oxygen atoms in total. The first kappa shape index (κ1) is 13.5. The normalized spacial score (nSPS) is 9.41. The minimum Gasteiger partial charge on any atom is -0.392 e. The molecule has 0 saturated carbocycles. The van der Waals surface area contributed by atoms with Gasteiger partial charge in [0, 0.05) is 0 Å². The third-order valence-electron chi connectivity index (χ3n) is 2.49. The van der Waals surface area contributed by atoms with Crippen LogP contribution in [0.2, 0.25) is 0 Å². The van der Waals surface area contributed by atoms with Crippen LogP contribution in [0.3, 0.4) is 0 Å². The highest BCUT2D eigenvalue weighted by molar-refractivity contribution is 5.64. The highest BCUT2D eigenvalue weighted by Crippen LogP contribution is 2.20. The first-order valence-corrected chi connectivity index (χ1v) is 6.06. The molecular weight excluding hydrogens is 208 g/mol. The molecule has 1 heteroatoms. The van der Waals surface area contributed by atoms with Crippen LogP contribution in [-0.4, -0.2) is 5.11 Å². The average molecular weight is 228 g/mol. The van der Waals surface area contributed by atoms with Gasteiger partial charge in [-0.25, -0.2) is 0 Å². The number of aliphatic hydroxyl groups excluding tert-OH is 1. The first-order chi connectivity index (χ1) is 8.29. The van der Waals surface area contributed by atoms with Crippen LogP contribution in [0.1, 0.15) is 25.0 Å². The molecule has 0 saturated heterocycles. The average Bonchev–Trinajstić information content (AvgIpc) is 2.41. The Kier molecular flexibility index (Phi) is 5.44. The summed E-state index contributed by atoms with van der Waals surface area (Å²) in [5.41, 5.74) is 4.63. The number of aryl methyl sites for hydroxylation is 1. The fraction of sp³-hybridized carbons (Fsp3) is 0.250. The molecule has 0 bridgehead atoms. The van der Waals surface area contributed by atoms with Crippen molar-refractivity contribution in [2.45, 2.75) is 27.4 Å². The summed E-state index contributed by atoms with van der Waals surface area (Å²) >= 11 is 0. The van der Waals surface area contributed by atoms with Gasteiger partial charge in [-0.3, -0.25) is 0 Å². The molecule has 0 fully saturated rings. The maximum Gasteiger partial charge on any atom is 0.0681 e. The second-order valence-corrected chi connectivity index (χ2v) is 3.72. The van der Waals surface area contributed by atoms with Gasteiger partial charge in [0.15, 0.2) is 0 Å². The lowest BCUT2D eigenvalue weighted by Gasteiger charge is -2.03. The number of benzene rings is 2. The van der Waals surface area contributed by atoms with E-state index in [0.717, 1.165) is 5.56 Å². The van der Waals surface area contributed by atoms with Gasteiger partial charge >= 0.3 is 0 Å². The SMILES string of the molecule is CC.Cc1cccc(-c2ccc(CO)cc2)c1. The Morgan fingerprint density at radius 3 is 2.06 bits per heavy atom. The second-order valence-electron chi connectivity index (χ2n) is 3.72. The lowest BCUT2D eigenvalue weighted by atomic mass is 10.0. The fourth-order valence-electron chi connectivity index (χ4n) is 1.63. The minimum atomic E-state index is 0.105. The van der Waals surface area contributed by atoms with Crippen molar-refractivity contribution in [1.29, 1.82) is 0 Å². The summed E-state index contributed by atoms with van der Waals surface area (Å²) in [6.07, 6.45) is 0. The van der Waals surface area contributed by atoms with Gasteiger partial charge in [0.25, 0.3) is 0 Å². The van der Waals surface area contributed by atoms with E-state index in [9.17, 15) is 0 Å². The van der Waals surface area contributed by atoms with Crippen molar-refractivity contribution in [3.8, 4) is 11.1 Å². The van der Waals surface area contributed by atoms with E-state index >= 15 is 0 Å². The number of rotatable bonds is 2. The van der Waals surface area contributed by atoms with Crippen molar-refractivity contribution >= 4 is 0 Å². The predicted octanol–water partition coefficient (Wildman–Crippen LogP) is 4.18. The third-order valence-corrected chi connectivity index (χ3v) is 2.49. The van der Waals surface area contributed by atoms with Crippen molar-refractivity contribution in [3.63, 3.8) is 0 Å². The Morgan fingerprint density at radius 1 is 0.882 bits per heavy atom. The molecule has 0 unspecified atom stereocenters. The largest absolute Gasteiger partial charge is 0.392 e. The van der Waals surface area contributed by atoms with Gasteiger partial charge in [-0.2, -0.15) is 0 Å². The third kappa shape index (κ3) is 3.72. The molecule has 2 rings (SSSR count). The zero-order valence-corrected chi connectivity index (χ0v) is 10.8. The first-order valence-electron chi connectivity index (χ1n) is 6.06. The molecule has 0 aliphatic carbocycles. The van der Waals surface area contributed by atoms with E-state index in [1.54, 1.807) is 0 Å². The molecule has 0 aromatic heterocycles. The van der Waals surface area contributed by atoms with Crippen LogP contribution >= 0.6 is 0 Å². The Balaban J connectivity index is 0.000000686. The van der Waals surface area contributed by atoms with E-state index in [1.165, 1.54) is 16.7 Å². The molecule has 0 atom stereocenters. The van der Waals surface area contributed by atoms with Crippen molar-refractivity contribution in [1.82, 2.24) is 0 Å². The van der Waals surface area contributed by atoms with Crippen LogP contribution in [0.25, 0.3) is 11.1 Å². The Hall–Kier alpha value is -1.60. The van der Waals surface area contributed by atoms with E-state index < -0.39 is 0 Å². The van der Waals surface area contributed by atoms with E-state index in [-0.39, 0.29) is 6.61 Å². The zero-order valence-electron chi connectivity index (χ0n) is 10.8. The summed E-state index contributed by atoms with van der Waals surface area (Å²) in [4.78, 5) is 0. The summed E-state index contributed by atoms with van der Waals surface area (Å²) in [7, 11) is 0. The van der Waals surface area contributed by atoms with Crippen LogP contribution in [0.15, 0.2) is 48.5 Å². The van der Waals surface area contributed by atoms with Gasteiger partial charge in [0.2, 0.25) is 0 Å². The Bertz CT molecular complexity index is 443. The molecule has 2 aromatic rings. The van der Waals surface area contributed by atoms with E-state index in [4.69, 9.17) is 5.11 Å². The van der Waals surface area contributed by atoms with Crippen molar-refractivity contribution in [3.05, 3.63) is 59.7 Å². The summed E-state index contributed by atoms with van der Waals surface area (Å²) in [6.45, 7) is 6.19. The summed E-state index contributed by atoms with van der Waals surface area (Å²) in [6, 6.07) is 16.4. The van der Waals surface area contributed by atoms with Crippen LogP contribution in [0, 0.1) is 6.92 Å². The van der Waals surface area contributed by atoms with E-state index in [2.05, 4.69) is 31.2 Å². The highest BCUT2D eigenvalue weighted by atomic mass is 16.3. The van der Waals surface area contributed by atoms with Crippen molar-refractivity contribution in [2.24, 2.45) is 0 Å². The molecule has 0 radical (unpaired) electrons. The highest BCUT2D eigenvalue weighted by Gasteiger charge is 1.97. The molecular formula is C16H20O. The standard InChI is InChI=1S/C14H14O.C2H6/c1-11-3-2-4-14(9-11)13-7-5-12(10-15)6-8-13;1-2/h2-9,15H,10H2,1H3;1-2H3. The van der Waals surface area contributed by atoms with Crippen LogP contribution < -0.4 is 0 Å². The number of hydrogen-bond acceptors (Lipinski definition) is 1. The van der Waals surface area contributed by atoms with E-state index in [1.807, 2.05) is 38.1 Å². The van der Waals surface area contributed by atoms with Crippen LogP contribution in [-0.2, 0) is 6.61 Å². The molecule has 90 valence electrons. The molecule has 0 heterocycles. The quantitative estimate of drug-likeness (QED) is 0.817. The molecule has 0 spiro atoms. The lowest BCUT2D eigenvalue weighted by molar-refractivity contribution is 0.282. The van der Waals surface area contributed by atoms with Crippen LogP contribution in [0.5, 0.6) is 0 Å². The van der Waals surface area contributed by atoms with Crippen molar-refractivity contribution in [2.75, 3.05) is 0 Å². The van der Waals surface area contributed by atoms with E-state index in [0.29, 0.717) is 0 Å². The Morgan fingerprint density at radius 2 is 1.53 bits per heavy atom. The van der Waals surface area contributed by atoms with Gasteiger partial charge in [0.05, 0.1) is 6.61 Å². The van der Waals surface area contributed by atoms with Gasteiger partial charge in [-0.1, -0.05) is 67.9 Å². The van der Waals surface area contributed by atoms with Crippen molar-refractivity contribution < 1.29 is 5.11 Å². The molecule has 1 N–H and O–H groups in total. The summed E-state index contributed by atoms with van der Waals surface area (Å²) in [5.74, 6) is 0. The summed E-state index contributed by atoms with van der Waals surface area (Å²) in [5, 5.41) is 8.94. The molecule has 0 aliphatic rings. The van der Waals surface area contributed by atoms with Crippen LogP contribution in [0.4, 0.5) is 0 Å².